The Morgan fingerprint density at radius 3 is 2.85 bits per heavy atom. The minimum absolute atomic E-state index is 0.0187. The highest BCUT2D eigenvalue weighted by molar-refractivity contribution is 7.98. The summed E-state index contributed by atoms with van der Waals surface area (Å²) in [5.41, 5.74) is 5.59. The molecule has 0 aliphatic carbocycles. The van der Waals surface area contributed by atoms with E-state index < -0.39 is 5.91 Å². The minimum Gasteiger partial charge on any atom is -0.482 e. The van der Waals surface area contributed by atoms with Crippen molar-refractivity contribution in [2.24, 2.45) is 0 Å². The number of hydrogen-bond donors (Lipinski definition) is 1. The number of nitrogens with zero attached hydrogens (tertiary/aromatic N) is 3. The number of halogens is 2. The Hall–Kier alpha value is -1.44. The van der Waals surface area contributed by atoms with Gasteiger partial charge in [0.2, 0.25) is 11.1 Å². The fourth-order valence-electron chi connectivity index (χ4n) is 1.37. The number of thioether (sulfide) groups is 1. The summed E-state index contributed by atoms with van der Waals surface area (Å²) >= 11 is 13.0. The molecule has 1 heterocycles. The molecule has 0 fully saturated rings. The number of rotatable bonds is 4. The molecule has 0 spiro atoms. The fourth-order valence-corrected chi connectivity index (χ4v) is 2.18. The second-order valence-corrected chi connectivity index (χ2v) is 5.24. The lowest BCUT2D eigenvalue weighted by atomic mass is 10.3. The van der Waals surface area contributed by atoms with Crippen molar-refractivity contribution >= 4 is 46.8 Å². The summed E-state index contributed by atoms with van der Waals surface area (Å²) in [5.74, 6) is -0.0698. The Balaban J connectivity index is 2.06. The van der Waals surface area contributed by atoms with Crippen molar-refractivity contribution in [3.05, 3.63) is 28.2 Å². The lowest BCUT2D eigenvalue weighted by Gasteiger charge is -2.07. The number of benzene rings is 1. The Kier molecular flexibility index (Phi) is 4.74. The number of carbonyl (C=O) groups excluding carboxylic acids is 1. The summed E-state index contributed by atoms with van der Waals surface area (Å²) in [4.78, 5) is 15.8. The number of anilines is 1. The van der Waals surface area contributed by atoms with E-state index in [9.17, 15) is 4.79 Å². The van der Waals surface area contributed by atoms with E-state index in [2.05, 4.69) is 10.1 Å². The molecular formula is C11H10Cl2N4O2S. The van der Waals surface area contributed by atoms with Crippen LogP contribution in [0.5, 0.6) is 5.75 Å². The van der Waals surface area contributed by atoms with E-state index in [4.69, 9.17) is 33.7 Å². The van der Waals surface area contributed by atoms with Crippen LogP contribution in [-0.2, 0) is 0 Å². The van der Waals surface area contributed by atoms with Crippen molar-refractivity contribution in [3.63, 3.8) is 0 Å². The summed E-state index contributed by atoms with van der Waals surface area (Å²) in [6, 6.07) is 4.72. The van der Waals surface area contributed by atoms with Crippen LogP contribution < -0.4 is 10.5 Å². The number of nitrogen functional groups attached to an aromatic ring is 1. The maximum absolute atomic E-state index is 11.9. The van der Waals surface area contributed by atoms with E-state index in [0.29, 0.717) is 21.0 Å². The molecule has 106 valence electrons. The number of ether oxygens (including phenoxy) is 1. The SMILES string of the molecule is CSc1nc(N)n(C(=O)COc2ccc(Cl)cc2Cl)n1. The first-order chi connectivity index (χ1) is 9.51. The third kappa shape index (κ3) is 3.36. The molecule has 0 amide bonds. The zero-order chi connectivity index (χ0) is 14.7. The summed E-state index contributed by atoms with van der Waals surface area (Å²) in [6.45, 7) is -0.261. The molecule has 2 rings (SSSR count). The molecule has 1 aromatic carbocycles. The van der Waals surface area contributed by atoms with Crippen molar-refractivity contribution in [1.82, 2.24) is 14.8 Å². The number of aromatic nitrogens is 3. The van der Waals surface area contributed by atoms with Crippen LogP contribution in [0.1, 0.15) is 4.79 Å². The van der Waals surface area contributed by atoms with E-state index in [1.54, 1.807) is 18.4 Å². The van der Waals surface area contributed by atoms with Crippen molar-refractivity contribution in [2.45, 2.75) is 5.16 Å². The Morgan fingerprint density at radius 2 is 2.25 bits per heavy atom. The molecule has 1 aromatic heterocycles. The van der Waals surface area contributed by atoms with Gasteiger partial charge in [0.1, 0.15) is 5.75 Å². The van der Waals surface area contributed by atoms with Crippen LogP contribution in [0.3, 0.4) is 0 Å². The molecule has 0 radical (unpaired) electrons. The largest absolute Gasteiger partial charge is 0.482 e. The molecule has 0 aliphatic heterocycles. The van der Waals surface area contributed by atoms with Crippen LogP contribution in [0, 0.1) is 0 Å². The van der Waals surface area contributed by atoms with Gasteiger partial charge in [0.15, 0.2) is 6.61 Å². The molecule has 2 aromatic rings. The standard InChI is InChI=1S/C11H10Cl2N4O2S/c1-20-11-15-10(14)17(16-11)9(18)5-19-8-3-2-6(12)4-7(8)13/h2-4H,5H2,1H3,(H2,14,15,16). The van der Waals surface area contributed by atoms with E-state index >= 15 is 0 Å². The van der Waals surface area contributed by atoms with Gasteiger partial charge in [0.25, 0.3) is 5.91 Å². The lowest BCUT2D eigenvalue weighted by molar-refractivity contribution is 0.0823. The Bertz CT molecular complexity index is 647. The van der Waals surface area contributed by atoms with Crippen molar-refractivity contribution in [1.29, 1.82) is 0 Å². The monoisotopic (exact) mass is 332 g/mol. The molecule has 2 N–H and O–H groups in total. The van der Waals surface area contributed by atoms with Crippen molar-refractivity contribution in [3.8, 4) is 5.75 Å². The van der Waals surface area contributed by atoms with Gasteiger partial charge in [-0.2, -0.15) is 9.67 Å². The van der Waals surface area contributed by atoms with Gasteiger partial charge in [-0.05, 0) is 24.5 Å². The summed E-state index contributed by atoms with van der Waals surface area (Å²) in [6.07, 6.45) is 1.79. The van der Waals surface area contributed by atoms with E-state index in [0.717, 1.165) is 4.68 Å². The van der Waals surface area contributed by atoms with Crippen LogP contribution in [0.2, 0.25) is 10.0 Å². The van der Waals surface area contributed by atoms with Crippen LogP contribution in [0.4, 0.5) is 5.95 Å². The average molecular weight is 333 g/mol. The second kappa shape index (κ2) is 6.34. The third-order valence-electron chi connectivity index (χ3n) is 2.28. The predicted molar refractivity (Wildman–Crippen MR) is 78.8 cm³/mol. The zero-order valence-electron chi connectivity index (χ0n) is 10.3. The minimum atomic E-state index is -0.443. The smallest absolute Gasteiger partial charge is 0.288 e. The van der Waals surface area contributed by atoms with E-state index in [1.807, 2.05) is 0 Å². The number of hydrogen-bond acceptors (Lipinski definition) is 6. The quantitative estimate of drug-likeness (QED) is 0.866. The van der Waals surface area contributed by atoms with E-state index in [1.165, 1.54) is 17.8 Å². The molecule has 20 heavy (non-hydrogen) atoms. The maximum atomic E-state index is 11.9. The molecule has 0 saturated carbocycles. The van der Waals surface area contributed by atoms with Crippen LogP contribution in [0.15, 0.2) is 23.4 Å². The number of nitrogens with two attached hydrogens (primary N) is 1. The van der Waals surface area contributed by atoms with Crippen molar-refractivity contribution in [2.75, 3.05) is 18.6 Å². The molecule has 0 bridgehead atoms. The summed E-state index contributed by atoms with van der Waals surface area (Å²) < 4.78 is 6.31. The van der Waals surface area contributed by atoms with Crippen molar-refractivity contribution < 1.29 is 9.53 Å². The van der Waals surface area contributed by atoms with Gasteiger partial charge in [-0.1, -0.05) is 35.0 Å². The van der Waals surface area contributed by atoms with Gasteiger partial charge in [-0.15, -0.1) is 5.10 Å². The van der Waals surface area contributed by atoms with Gasteiger partial charge in [-0.25, -0.2) is 0 Å². The molecule has 9 heteroatoms. The molecule has 0 saturated heterocycles. The van der Waals surface area contributed by atoms with Crippen LogP contribution in [-0.4, -0.2) is 33.5 Å². The van der Waals surface area contributed by atoms with Gasteiger partial charge in [0, 0.05) is 5.02 Å². The first kappa shape index (κ1) is 15.0. The highest BCUT2D eigenvalue weighted by Crippen LogP contribution is 2.27. The highest BCUT2D eigenvalue weighted by atomic mass is 35.5. The Morgan fingerprint density at radius 1 is 1.50 bits per heavy atom. The van der Waals surface area contributed by atoms with Gasteiger partial charge >= 0.3 is 0 Å². The number of carbonyl (C=O) groups is 1. The molecular weight excluding hydrogens is 323 g/mol. The maximum Gasteiger partial charge on any atom is 0.288 e. The summed E-state index contributed by atoms with van der Waals surface area (Å²) in [5, 5.41) is 5.16. The first-order valence-corrected chi connectivity index (χ1v) is 7.37. The molecule has 6 nitrogen and oxygen atoms in total. The Labute approximate surface area is 129 Å². The van der Waals surface area contributed by atoms with Gasteiger partial charge in [-0.3, -0.25) is 4.79 Å². The zero-order valence-corrected chi connectivity index (χ0v) is 12.7. The lowest BCUT2D eigenvalue weighted by Crippen LogP contribution is -2.22. The van der Waals surface area contributed by atoms with Gasteiger partial charge in [0.05, 0.1) is 5.02 Å². The average Bonchev–Trinajstić information content (AvgIpc) is 2.79. The molecule has 0 aliphatic rings. The summed E-state index contributed by atoms with van der Waals surface area (Å²) in [7, 11) is 0. The third-order valence-corrected chi connectivity index (χ3v) is 3.35. The molecule has 0 atom stereocenters. The van der Waals surface area contributed by atoms with Crippen LogP contribution in [0.25, 0.3) is 0 Å². The van der Waals surface area contributed by atoms with E-state index in [-0.39, 0.29) is 12.6 Å². The molecule has 0 unspecified atom stereocenters. The normalized spacial score (nSPS) is 10.6. The fraction of sp³-hybridized carbons (Fsp3) is 0.182. The topological polar surface area (TPSA) is 83.0 Å². The highest BCUT2D eigenvalue weighted by Gasteiger charge is 2.15. The van der Waals surface area contributed by atoms with Gasteiger partial charge < -0.3 is 10.5 Å². The first-order valence-electron chi connectivity index (χ1n) is 5.39. The predicted octanol–water partition coefficient (Wildman–Crippen LogP) is 2.61. The second-order valence-electron chi connectivity index (χ2n) is 3.63. The van der Waals surface area contributed by atoms with Crippen LogP contribution >= 0.6 is 35.0 Å².